The van der Waals surface area contributed by atoms with E-state index in [1.54, 1.807) is 0 Å². The van der Waals surface area contributed by atoms with Gasteiger partial charge in [-0.2, -0.15) is 0 Å². The number of rotatable bonds is 8. The van der Waals surface area contributed by atoms with E-state index in [2.05, 4.69) is 10.3 Å². The molecule has 0 aliphatic heterocycles. The molecule has 0 saturated heterocycles. The normalized spacial score (nSPS) is 10.3. The highest BCUT2D eigenvalue weighted by Gasteiger charge is 2.12. The Balaban J connectivity index is 2.35. The second-order valence-electron chi connectivity index (χ2n) is 4.69. The minimum atomic E-state index is -0.808. The number of carboxylic acids is 1. The van der Waals surface area contributed by atoms with Crippen molar-refractivity contribution in [1.82, 2.24) is 14.9 Å². The fourth-order valence-electron chi connectivity index (χ4n) is 1.78. The van der Waals surface area contributed by atoms with Gasteiger partial charge in [0.1, 0.15) is 5.56 Å². The third kappa shape index (κ3) is 5.25. The number of H-pyrrole nitrogens is 1. The molecule has 0 spiro atoms. The Kier molecular flexibility index (Phi) is 6.38. The van der Waals surface area contributed by atoms with Gasteiger partial charge in [0, 0.05) is 26.2 Å². The summed E-state index contributed by atoms with van der Waals surface area (Å²) in [5.74, 6) is -1.34. The number of aromatic nitrogens is 2. The van der Waals surface area contributed by atoms with Crippen LogP contribution in [0.1, 0.15) is 42.5 Å². The summed E-state index contributed by atoms with van der Waals surface area (Å²) in [4.78, 5) is 47.2. The van der Waals surface area contributed by atoms with Crippen LogP contribution in [0, 0.1) is 0 Å². The molecule has 1 amide bonds. The van der Waals surface area contributed by atoms with Gasteiger partial charge in [-0.15, -0.1) is 0 Å². The number of carbonyl (C=O) groups is 2. The molecule has 1 rings (SSSR count). The zero-order valence-corrected chi connectivity index (χ0v) is 11.8. The van der Waals surface area contributed by atoms with Crippen LogP contribution in [-0.4, -0.2) is 33.1 Å². The number of hydrogen-bond acceptors (Lipinski definition) is 4. The van der Waals surface area contributed by atoms with Crippen LogP contribution in [0.4, 0.5) is 0 Å². The molecule has 21 heavy (non-hydrogen) atoms. The average Bonchev–Trinajstić information content (AvgIpc) is 2.43. The summed E-state index contributed by atoms with van der Waals surface area (Å²) < 4.78 is 0.834. The molecule has 0 aliphatic rings. The fraction of sp³-hybridized carbons (Fsp3) is 0.538. The Morgan fingerprint density at radius 1 is 1.24 bits per heavy atom. The van der Waals surface area contributed by atoms with Gasteiger partial charge < -0.3 is 15.4 Å². The van der Waals surface area contributed by atoms with Gasteiger partial charge in [0.2, 0.25) is 0 Å². The van der Waals surface area contributed by atoms with Gasteiger partial charge in [-0.1, -0.05) is 12.8 Å². The lowest BCUT2D eigenvalue weighted by atomic mass is 10.1. The molecule has 1 aromatic heterocycles. The van der Waals surface area contributed by atoms with Gasteiger partial charge in [0.05, 0.1) is 0 Å². The topological polar surface area (TPSA) is 121 Å². The maximum Gasteiger partial charge on any atom is 0.328 e. The Bertz CT molecular complexity index is 617. The van der Waals surface area contributed by atoms with E-state index in [1.807, 2.05) is 0 Å². The van der Waals surface area contributed by atoms with Gasteiger partial charge in [-0.05, 0) is 12.8 Å². The minimum absolute atomic E-state index is 0.108. The van der Waals surface area contributed by atoms with E-state index in [0.717, 1.165) is 23.6 Å². The van der Waals surface area contributed by atoms with Crippen molar-refractivity contribution in [2.45, 2.75) is 32.1 Å². The van der Waals surface area contributed by atoms with Crippen molar-refractivity contribution in [3.8, 4) is 0 Å². The van der Waals surface area contributed by atoms with E-state index >= 15 is 0 Å². The number of carboxylic acid groups (broad SMARTS) is 1. The molecule has 0 fully saturated rings. The lowest BCUT2D eigenvalue weighted by Gasteiger charge is -2.05. The maximum absolute atomic E-state index is 11.8. The number of nitrogens with zero attached hydrogens (tertiary/aromatic N) is 1. The van der Waals surface area contributed by atoms with Crippen LogP contribution in [0.3, 0.4) is 0 Å². The molecule has 0 atom stereocenters. The summed E-state index contributed by atoms with van der Waals surface area (Å²) in [7, 11) is 1.29. The monoisotopic (exact) mass is 297 g/mol. The fourth-order valence-corrected chi connectivity index (χ4v) is 1.78. The lowest BCUT2D eigenvalue weighted by molar-refractivity contribution is -0.137. The summed E-state index contributed by atoms with van der Waals surface area (Å²) >= 11 is 0. The molecule has 0 saturated carbocycles. The molecular formula is C13H19N3O5. The van der Waals surface area contributed by atoms with Crippen LogP contribution in [0.15, 0.2) is 15.8 Å². The molecule has 8 nitrogen and oxygen atoms in total. The van der Waals surface area contributed by atoms with E-state index in [-0.39, 0.29) is 12.0 Å². The first-order valence-corrected chi connectivity index (χ1v) is 6.72. The number of unbranched alkanes of at least 4 members (excludes halogenated alkanes) is 3. The van der Waals surface area contributed by atoms with E-state index in [9.17, 15) is 19.2 Å². The van der Waals surface area contributed by atoms with Gasteiger partial charge >= 0.3 is 11.7 Å². The van der Waals surface area contributed by atoms with E-state index in [4.69, 9.17) is 5.11 Å². The molecule has 3 N–H and O–H groups in total. The van der Waals surface area contributed by atoms with Gasteiger partial charge in [0.25, 0.3) is 11.5 Å². The predicted octanol–water partition coefficient (Wildman–Crippen LogP) is -0.162. The Hall–Kier alpha value is -2.38. The smallest absolute Gasteiger partial charge is 0.328 e. The van der Waals surface area contributed by atoms with E-state index < -0.39 is 23.1 Å². The summed E-state index contributed by atoms with van der Waals surface area (Å²) in [6.07, 6.45) is 4.16. The largest absolute Gasteiger partial charge is 0.481 e. The van der Waals surface area contributed by atoms with Crippen molar-refractivity contribution in [3.05, 3.63) is 32.6 Å². The summed E-state index contributed by atoms with van der Waals surface area (Å²) in [6, 6.07) is 0. The highest BCUT2D eigenvalue weighted by molar-refractivity contribution is 5.93. The first-order chi connectivity index (χ1) is 9.93. The standard InChI is InChI=1S/C13H19N3O5/c1-16-12(20)9(8-15-13(16)21)11(19)14-7-5-3-2-4-6-10(17)18/h8H,2-7H2,1H3,(H,14,19)(H,15,21)(H,17,18). The molecular weight excluding hydrogens is 278 g/mol. The molecule has 1 heterocycles. The zero-order valence-electron chi connectivity index (χ0n) is 11.8. The quantitative estimate of drug-likeness (QED) is 0.576. The Morgan fingerprint density at radius 2 is 1.90 bits per heavy atom. The van der Waals surface area contributed by atoms with Gasteiger partial charge in [-0.3, -0.25) is 19.0 Å². The van der Waals surface area contributed by atoms with E-state index in [0.29, 0.717) is 19.4 Å². The first-order valence-electron chi connectivity index (χ1n) is 6.72. The molecule has 0 unspecified atom stereocenters. The molecule has 0 bridgehead atoms. The minimum Gasteiger partial charge on any atom is -0.481 e. The van der Waals surface area contributed by atoms with Crippen molar-refractivity contribution in [1.29, 1.82) is 0 Å². The van der Waals surface area contributed by atoms with Crippen molar-refractivity contribution < 1.29 is 14.7 Å². The highest BCUT2D eigenvalue weighted by atomic mass is 16.4. The molecule has 0 aliphatic carbocycles. The zero-order chi connectivity index (χ0) is 15.8. The van der Waals surface area contributed by atoms with Crippen LogP contribution < -0.4 is 16.6 Å². The average molecular weight is 297 g/mol. The van der Waals surface area contributed by atoms with Crippen LogP contribution in [0.2, 0.25) is 0 Å². The third-order valence-corrected chi connectivity index (χ3v) is 3.03. The maximum atomic E-state index is 11.8. The lowest BCUT2D eigenvalue weighted by Crippen LogP contribution is -2.39. The number of aliphatic carboxylic acids is 1. The van der Waals surface area contributed by atoms with Crippen LogP contribution in [-0.2, 0) is 11.8 Å². The van der Waals surface area contributed by atoms with Crippen molar-refractivity contribution in [2.75, 3.05) is 6.54 Å². The number of carbonyl (C=O) groups excluding carboxylic acids is 1. The second kappa shape index (κ2) is 8.03. The third-order valence-electron chi connectivity index (χ3n) is 3.03. The van der Waals surface area contributed by atoms with Gasteiger partial charge in [-0.25, -0.2) is 4.79 Å². The van der Waals surface area contributed by atoms with Crippen molar-refractivity contribution >= 4 is 11.9 Å². The first kappa shape index (κ1) is 16.7. The number of nitrogens with one attached hydrogen (secondary N) is 2. The second-order valence-corrected chi connectivity index (χ2v) is 4.69. The van der Waals surface area contributed by atoms with Crippen LogP contribution >= 0.6 is 0 Å². The summed E-state index contributed by atoms with van der Waals surface area (Å²) in [5.41, 5.74) is -1.32. The molecule has 1 aromatic rings. The molecule has 8 heteroatoms. The van der Waals surface area contributed by atoms with Crippen LogP contribution in [0.25, 0.3) is 0 Å². The molecule has 0 aromatic carbocycles. The number of aromatic amines is 1. The number of amides is 1. The van der Waals surface area contributed by atoms with Gasteiger partial charge in [0.15, 0.2) is 0 Å². The van der Waals surface area contributed by atoms with Crippen LogP contribution in [0.5, 0.6) is 0 Å². The van der Waals surface area contributed by atoms with Crippen molar-refractivity contribution in [3.63, 3.8) is 0 Å². The number of hydrogen-bond donors (Lipinski definition) is 3. The molecule has 0 radical (unpaired) electrons. The predicted molar refractivity (Wildman–Crippen MR) is 75.4 cm³/mol. The van der Waals surface area contributed by atoms with Crippen molar-refractivity contribution in [2.24, 2.45) is 7.05 Å². The summed E-state index contributed by atoms with van der Waals surface area (Å²) in [6.45, 7) is 0.397. The SMILES string of the molecule is Cn1c(=O)[nH]cc(C(=O)NCCCCCCC(=O)O)c1=O. The van der Waals surface area contributed by atoms with E-state index in [1.165, 1.54) is 7.05 Å². The summed E-state index contributed by atoms with van der Waals surface area (Å²) in [5, 5.41) is 11.1. The highest BCUT2D eigenvalue weighted by Crippen LogP contribution is 2.02. The Labute approximate surface area is 120 Å². The Morgan fingerprint density at radius 3 is 2.57 bits per heavy atom. The molecule has 116 valence electrons.